The molecule has 0 saturated carbocycles. The lowest BCUT2D eigenvalue weighted by molar-refractivity contribution is -0.120. The van der Waals surface area contributed by atoms with Gasteiger partial charge in [0.2, 0.25) is 5.91 Å². The molecule has 0 heterocycles. The highest BCUT2D eigenvalue weighted by Crippen LogP contribution is 2.02. The van der Waals surface area contributed by atoms with Crippen LogP contribution in [-0.4, -0.2) is 12.5 Å². The summed E-state index contributed by atoms with van der Waals surface area (Å²) in [5.74, 6) is -0.549. The predicted octanol–water partition coefficient (Wildman–Crippen LogP) is 1.40. The molecule has 4 heteroatoms. The van der Waals surface area contributed by atoms with E-state index in [0.29, 0.717) is 13.0 Å². The van der Waals surface area contributed by atoms with E-state index in [0.717, 1.165) is 5.56 Å². The molecule has 0 saturated heterocycles. The SMILES string of the molecule is N#CCC(=O)NCCc1ccc(F)cc1. The maximum atomic E-state index is 12.5. The van der Waals surface area contributed by atoms with Crippen molar-refractivity contribution in [2.75, 3.05) is 6.54 Å². The second-order valence-corrected chi connectivity index (χ2v) is 3.06. The van der Waals surface area contributed by atoms with E-state index in [9.17, 15) is 9.18 Å². The van der Waals surface area contributed by atoms with Gasteiger partial charge in [-0.2, -0.15) is 5.26 Å². The third kappa shape index (κ3) is 4.23. The number of nitrogens with one attached hydrogen (secondary N) is 1. The lowest BCUT2D eigenvalue weighted by Gasteiger charge is -2.02. The second kappa shape index (κ2) is 5.76. The van der Waals surface area contributed by atoms with Gasteiger partial charge >= 0.3 is 0 Å². The Labute approximate surface area is 87.5 Å². The Morgan fingerprint density at radius 1 is 1.40 bits per heavy atom. The molecule has 1 aromatic rings. The van der Waals surface area contributed by atoms with Gasteiger partial charge in [-0.05, 0) is 24.1 Å². The molecule has 0 radical (unpaired) electrons. The average Bonchev–Trinajstić information content (AvgIpc) is 2.21. The van der Waals surface area contributed by atoms with Gasteiger partial charge in [0.1, 0.15) is 12.2 Å². The molecule has 0 atom stereocenters. The maximum Gasteiger partial charge on any atom is 0.234 e. The molecular formula is C11H11FN2O. The summed E-state index contributed by atoms with van der Waals surface area (Å²) in [4.78, 5) is 10.9. The topological polar surface area (TPSA) is 52.9 Å². The van der Waals surface area contributed by atoms with Gasteiger partial charge in [-0.25, -0.2) is 4.39 Å². The molecule has 0 fully saturated rings. The van der Waals surface area contributed by atoms with Crippen LogP contribution in [0, 0.1) is 17.1 Å². The minimum atomic E-state index is -0.278. The molecule has 0 spiro atoms. The first-order chi connectivity index (χ1) is 7.22. The van der Waals surface area contributed by atoms with Crippen LogP contribution in [0.5, 0.6) is 0 Å². The number of rotatable bonds is 4. The number of carbonyl (C=O) groups is 1. The molecule has 3 nitrogen and oxygen atoms in total. The van der Waals surface area contributed by atoms with Crippen LogP contribution < -0.4 is 5.32 Å². The first-order valence-electron chi connectivity index (χ1n) is 4.60. The van der Waals surface area contributed by atoms with E-state index in [-0.39, 0.29) is 18.1 Å². The van der Waals surface area contributed by atoms with Crippen LogP contribution in [0.15, 0.2) is 24.3 Å². The van der Waals surface area contributed by atoms with Crippen molar-refractivity contribution in [2.24, 2.45) is 0 Å². The fourth-order valence-electron chi connectivity index (χ4n) is 1.13. The summed E-state index contributed by atoms with van der Waals surface area (Å²) in [5.41, 5.74) is 0.952. The number of amides is 1. The van der Waals surface area contributed by atoms with Crippen molar-refractivity contribution >= 4 is 5.91 Å². The molecular weight excluding hydrogens is 195 g/mol. The van der Waals surface area contributed by atoms with E-state index in [2.05, 4.69) is 5.32 Å². The summed E-state index contributed by atoms with van der Waals surface area (Å²) in [5, 5.41) is 10.8. The Morgan fingerprint density at radius 2 is 2.07 bits per heavy atom. The van der Waals surface area contributed by atoms with Crippen LogP contribution in [0.1, 0.15) is 12.0 Å². The third-order valence-electron chi connectivity index (χ3n) is 1.89. The summed E-state index contributed by atoms with van der Waals surface area (Å²) in [6.45, 7) is 0.464. The fraction of sp³-hybridized carbons (Fsp3) is 0.273. The molecule has 0 unspecified atom stereocenters. The van der Waals surface area contributed by atoms with Crippen molar-refractivity contribution in [1.82, 2.24) is 5.32 Å². The molecule has 0 aliphatic carbocycles. The maximum absolute atomic E-state index is 12.5. The summed E-state index contributed by atoms with van der Waals surface area (Å²) in [6.07, 6.45) is 0.515. The third-order valence-corrected chi connectivity index (χ3v) is 1.89. The van der Waals surface area contributed by atoms with Gasteiger partial charge in [0.05, 0.1) is 6.07 Å². The first kappa shape index (κ1) is 11.2. The van der Waals surface area contributed by atoms with Gasteiger partial charge in [-0.1, -0.05) is 12.1 Å². The largest absolute Gasteiger partial charge is 0.355 e. The Bertz CT molecular complexity index is 367. The number of hydrogen-bond acceptors (Lipinski definition) is 2. The number of hydrogen-bond donors (Lipinski definition) is 1. The van der Waals surface area contributed by atoms with Crippen LogP contribution in [0.2, 0.25) is 0 Å². The zero-order chi connectivity index (χ0) is 11.1. The average molecular weight is 206 g/mol. The van der Waals surface area contributed by atoms with Gasteiger partial charge < -0.3 is 5.32 Å². The van der Waals surface area contributed by atoms with Crippen LogP contribution in [0.3, 0.4) is 0 Å². The number of benzene rings is 1. The van der Waals surface area contributed by atoms with E-state index in [1.165, 1.54) is 12.1 Å². The zero-order valence-electron chi connectivity index (χ0n) is 8.16. The van der Waals surface area contributed by atoms with Gasteiger partial charge in [0.25, 0.3) is 0 Å². The minimum Gasteiger partial charge on any atom is -0.355 e. The summed E-state index contributed by atoms with van der Waals surface area (Å²) >= 11 is 0. The van der Waals surface area contributed by atoms with E-state index < -0.39 is 0 Å². The van der Waals surface area contributed by atoms with Crippen LogP contribution >= 0.6 is 0 Å². The Balaban J connectivity index is 2.29. The van der Waals surface area contributed by atoms with Gasteiger partial charge in [0, 0.05) is 6.54 Å². The van der Waals surface area contributed by atoms with Gasteiger partial charge in [-0.3, -0.25) is 4.79 Å². The summed E-state index contributed by atoms with van der Waals surface area (Å²) in [6, 6.07) is 7.87. The van der Waals surface area contributed by atoms with Crippen LogP contribution in [-0.2, 0) is 11.2 Å². The van der Waals surface area contributed by atoms with Crippen molar-refractivity contribution in [1.29, 1.82) is 5.26 Å². The minimum absolute atomic E-state index is 0.122. The van der Waals surface area contributed by atoms with Crippen molar-refractivity contribution in [2.45, 2.75) is 12.8 Å². The predicted molar refractivity (Wildman–Crippen MR) is 53.3 cm³/mol. The number of nitrogens with zero attached hydrogens (tertiary/aromatic N) is 1. The molecule has 0 aliphatic rings. The standard InChI is InChI=1S/C11H11FN2O/c12-10-3-1-9(2-4-10)6-8-14-11(15)5-7-13/h1-4H,5-6,8H2,(H,14,15). The number of nitriles is 1. The highest BCUT2D eigenvalue weighted by molar-refractivity contribution is 5.77. The van der Waals surface area contributed by atoms with Crippen molar-refractivity contribution in [3.63, 3.8) is 0 Å². The zero-order valence-corrected chi connectivity index (χ0v) is 8.16. The number of halogens is 1. The molecule has 1 aromatic carbocycles. The van der Waals surface area contributed by atoms with Crippen LogP contribution in [0.25, 0.3) is 0 Å². The molecule has 15 heavy (non-hydrogen) atoms. The number of carbonyl (C=O) groups excluding carboxylic acids is 1. The molecule has 0 bridgehead atoms. The van der Waals surface area contributed by atoms with Crippen LogP contribution in [0.4, 0.5) is 4.39 Å². The fourth-order valence-corrected chi connectivity index (χ4v) is 1.13. The molecule has 78 valence electrons. The highest BCUT2D eigenvalue weighted by Gasteiger charge is 1.99. The van der Waals surface area contributed by atoms with Crippen molar-refractivity contribution < 1.29 is 9.18 Å². The lowest BCUT2D eigenvalue weighted by Crippen LogP contribution is -2.24. The van der Waals surface area contributed by atoms with Crippen molar-refractivity contribution in [3.8, 4) is 6.07 Å². The Kier molecular flexibility index (Phi) is 4.30. The smallest absolute Gasteiger partial charge is 0.234 e. The van der Waals surface area contributed by atoms with E-state index in [1.807, 2.05) is 0 Å². The monoisotopic (exact) mass is 206 g/mol. The molecule has 1 amide bonds. The van der Waals surface area contributed by atoms with E-state index in [4.69, 9.17) is 5.26 Å². The molecule has 1 N–H and O–H groups in total. The van der Waals surface area contributed by atoms with Crippen molar-refractivity contribution in [3.05, 3.63) is 35.6 Å². The molecule has 0 aliphatic heterocycles. The normalized spacial score (nSPS) is 9.33. The molecule has 1 rings (SSSR count). The lowest BCUT2D eigenvalue weighted by atomic mass is 10.1. The Morgan fingerprint density at radius 3 is 2.67 bits per heavy atom. The second-order valence-electron chi connectivity index (χ2n) is 3.06. The van der Waals surface area contributed by atoms with E-state index in [1.54, 1.807) is 18.2 Å². The summed E-state index contributed by atoms with van der Waals surface area (Å²) in [7, 11) is 0. The van der Waals surface area contributed by atoms with Gasteiger partial charge in [-0.15, -0.1) is 0 Å². The van der Waals surface area contributed by atoms with Gasteiger partial charge in [0.15, 0.2) is 0 Å². The highest BCUT2D eigenvalue weighted by atomic mass is 19.1. The summed E-state index contributed by atoms with van der Waals surface area (Å²) < 4.78 is 12.5. The van der Waals surface area contributed by atoms with E-state index >= 15 is 0 Å². The Hall–Kier alpha value is -1.89. The first-order valence-corrected chi connectivity index (χ1v) is 4.60. The molecule has 0 aromatic heterocycles. The quantitative estimate of drug-likeness (QED) is 0.809.